The highest BCUT2D eigenvalue weighted by atomic mass is 16.5. The predicted octanol–water partition coefficient (Wildman–Crippen LogP) is 1.30. The van der Waals surface area contributed by atoms with E-state index in [0.717, 1.165) is 32.6 Å². The minimum absolute atomic E-state index is 0.0299. The summed E-state index contributed by atoms with van der Waals surface area (Å²) in [5.41, 5.74) is 0. The molecule has 1 aliphatic heterocycles. The third kappa shape index (κ3) is 3.75. The van der Waals surface area contributed by atoms with E-state index in [2.05, 4.69) is 11.4 Å². The van der Waals surface area contributed by atoms with Crippen molar-refractivity contribution in [3.8, 4) is 6.07 Å². The topological polar surface area (TPSA) is 45.0 Å². The molecule has 0 aromatic rings. The number of ether oxygens (including phenoxy) is 1. The van der Waals surface area contributed by atoms with Crippen LogP contribution in [0, 0.1) is 17.2 Å². The lowest BCUT2D eigenvalue weighted by molar-refractivity contribution is 0.184. The average molecular weight is 182 g/mol. The summed E-state index contributed by atoms with van der Waals surface area (Å²) in [6.07, 6.45) is 3.21. The van der Waals surface area contributed by atoms with Gasteiger partial charge in [-0.2, -0.15) is 5.26 Å². The van der Waals surface area contributed by atoms with Gasteiger partial charge in [0.15, 0.2) is 0 Å². The zero-order chi connectivity index (χ0) is 9.52. The van der Waals surface area contributed by atoms with Crippen LogP contribution in [0.15, 0.2) is 0 Å². The molecular formula is C10H18N2O. The Morgan fingerprint density at radius 3 is 3.08 bits per heavy atom. The van der Waals surface area contributed by atoms with Gasteiger partial charge >= 0.3 is 0 Å². The van der Waals surface area contributed by atoms with Crippen LogP contribution in [0.5, 0.6) is 0 Å². The number of hydrogen-bond acceptors (Lipinski definition) is 3. The third-order valence-corrected chi connectivity index (χ3v) is 2.53. The van der Waals surface area contributed by atoms with Crippen molar-refractivity contribution in [2.24, 2.45) is 5.92 Å². The first-order chi connectivity index (χ1) is 6.36. The monoisotopic (exact) mass is 182 g/mol. The molecule has 0 spiro atoms. The van der Waals surface area contributed by atoms with Crippen LogP contribution in [0.2, 0.25) is 0 Å². The predicted molar refractivity (Wildman–Crippen MR) is 51.2 cm³/mol. The first-order valence-electron chi connectivity index (χ1n) is 5.07. The Labute approximate surface area is 80.1 Å². The summed E-state index contributed by atoms with van der Waals surface area (Å²) in [6, 6.07) is 2.26. The van der Waals surface area contributed by atoms with Gasteiger partial charge in [-0.3, -0.25) is 0 Å². The molecule has 1 heterocycles. The largest absolute Gasteiger partial charge is 0.381 e. The molecule has 0 amide bonds. The van der Waals surface area contributed by atoms with Crippen LogP contribution in [0.1, 0.15) is 26.2 Å². The fraction of sp³-hybridized carbons (Fsp3) is 0.900. The molecule has 13 heavy (non-hydrogen) atoms. The number of hydrogen-bond donors (Lipinski definition) is 1. The second-order valence-corrected chi connectivity index (χ2v) is 3.56. The van der Waals surface area contributed by atoms with Crippen LogP contribution in [0.3, 0.4) is 0 Å². The number of nitrogens with one attached hydrogen (secondary N) is 1. The maximum Gasteiger partial charge on any atom is 0.0950 e. The number of rotatable bonds is 5. The van der Waals surface area contributed by atoms with Crippen molar-refractivity contribution >= 4 is 0 Å². The lowest BCUT2D eigenvalue weighted by Crippen LogP contribution is -2.28. The van der Waals surface area contributed by atoms with E-state index in [1.165, 1.54) is 6.42 Å². The summed E-state index contributed by atoms with van der Waals surface area (Å²) < 4.78 is 5.27. The highest BCUT2D eigenvalue weighted by Gasteiger charge is 2.15. The Hall–Kier alpha value is -0.590. The molecular weight excluding hydrogens is 164 g/mol. The van der Waals surface area contributed by atoms with Gasteiger partial charge in [0, 0.05) is 13.2 Å². The molecule has 74 valence electrons. The summed E-state index contributed by atoms with van der Waals surface area (Å²) in [5, 5.41) is 11.9. The van der Waals surface area contributed by atoms with E-state index in [-0.39, 0.29) is 6.04 Å². The molecule has 3 heteroatoms. The summed E-state index contributed by atoms with van der Waals surface area (Å²) in [4.78, 5) is 0. The average Bonchev–Trinajstić information content (AvgIpc) is 2.65. The fourth-order valence-electron chi connectivity index (χ4n) is 1.55. The summed E-state index contributed by atoms with van der Waals surface area (Å²) in [7, 11) is 0. The molecule has 1 N–H and O–H groups in total. The molecule has 2 unspecified atom stereocenters. The number of nitriles is 1. The van der Waals surface area contributed by atoms with Gasteiger partial charge in [0.05, 0.1) is 12.1 Å². The van der Waals surface area contributed by atoms with Gasteiger partial charge in [-0.05, 0) is 31.7 Å². The smallest absolute Gasteiger partial charge is 0.0950 e. The highest BCUT2D eigenvalue weighted by Crippen LogP contribution is 2.15. The van der Waals surface area contributed by atoms with E-state index in [1.54, 1.807) is 0 Å². The maximum absolute atomic E-state index is 8.68. The van der Waals surface area contributed by atoms with Crippen LogP contribution in [0.4, 0.5) is 0 Å². The molecule has 0 aromatic heterocycles. The molecule has 0 aliphatic carbocycles. The Morgan fingerprint density at radius 1 is 1.69 bits per heavy atom. The molecule has 0 aromatic carbocycles. The number of nitrogens with zero attached hydrogens (tertiary/aromatic N) is 1. The zero-order valence-electron chi connectivity index (χ0n) is 8.25. The van der Waals surface area contributed by atoms with Crippen molar-refractivity contribution < 1.29 is 4.74 Å². The van der Waals surface area contributed by atoms with Gasteiger partial charge < -0.3 is 10.1 Å². The summed E-state index contributed by atoms with van der Waals surface area (Å²) >= 11 is 0. The van der Waals surface area contributed by atoms with Gasteiger partial charge in [-0.1, -0.05) is 6.92 Å². The molecule has 1 fully saturated rings. The fourth-order valence-corrected chi connectivity index (χ4v) is 1.55. The van der Waals surface area contributed by atoms with Gasteiger partial charge in [-0.15, -0.1) is 0 Å². The van der Waals surface area contributed by atoms with E-state index in [9.17, 15) is 0 Å². The summed E-state index contributed by atoms with van der Waals surface area (Å²) in [6.45, 7) is 4.80. The van der Waals surface area contributed by atoms with Crippen LogP contribution in [0.25, 0.3) is 0 Å². The quantitative estimate of drug-likeness (QED) is 0.697. The highest BCUT2D eigenvalue weighted by molar-refractivity contribution is 4.88. The molecule has 3 nitrogen and oxygen atoms in total. The third-order valence-electron chi connectivity index (χ3n) is 2.53. The van der Waals surface area contributed by atoms with Gasteiger partial charge in [0.1, 0.15) is 0 Å². The molecule has 2 atom stereocenters. The van der Waals surface area contributed by atoms with Crippen molar-refractivity contribution in [1.29, 1.82) is 5.26 Å². The Balaban J connectivity index is 2.02. The molecule has 1 rings (SSSR count). The molecule has 0 saturated carbocycles. The van der Waals surface area contributed by atoms with Crippen molar-refractivity contribution in [3.05, 3.63) is 0 Å². The van der Waals surface area contributed by atoms with Crippen molar-refractivity contribution in [2.45, 2.75) is 32.2 Å². The Kier molecular flexibility index (Phi) is 4.81. The van der Waals surface area contributed by atoms with Crippen molar-refractivity contribution in [1.82, 2.24) is 5.32 Å². The van der Waals surface area contributed by atoms with Crippen LogP contribution >= 0.6 is 0 Å². The standard InChI is InChI=1S/C10H18N2O/c1-2-10(7-11)12-5-3-9-4-6-13-8-9/h9-10,12H,2-6,8H2,1H3. The van der Waals surface area contributed by atoms with Crippen molar-refractivity contribution in [2.75, 3.05) is 19.8 Å². The first kappa shape index (κ1) is 10.5. The van der Waals surface area contributed by atoms with Gasteiger partial charge in [0.25, 0.3) is 0 Å². The van der Waals surface area contributed by atoms with E-state index < -0.39 is 0 Å². The minimum Gasteiger partial charge on any atom is -0.381 e. The maximum atomic E-state index is 8.68. The van der Waals surface area contributed by atoms with E-state index in [4.69, 9.17) is 10.00 Å². The molecule has 1 saturated heterocycles. The Bertz CT molecular complexity index is 170. The summed E-state index contributed by atoms with van der Waals surface area (Å²) in [5.74, 6) is 0.712. The zero-order valence-corrected chi connectivity index (χ0v) is 8.25. The van der Waals surface area contributed by atoms with E-state index >= 15 is 0 Å². The second kappa shape index (κ2) is 5.95. The van der Waals surface area contributed by atoms with Crippen LogP contribution in [-0.4, -0.2) is 25.8 Å². The molecule has 0 radical (unpaired) electrons. The van der Waals surface area contributed by atoms with Gasteiger partial charge in [0.2, 0.25) is 0 Å². The van der Waals surface area contributed by atoms with Crippen LogP contribution in [-0.2, 0) is 4.74 Å². The normalized spacial score (nSPS) is 24.2. The second-order valence-electron chi connectivity index (χ2n) is 3.56. The molecule has 0 bridgehead atoms. The van der Waals surface area contributed by atoms with Gasteiger partial charge in [-0.25, -0.2) is 0 Å². The SMILES string of the molecule is CCC(C#N)NCCC1CCOC1. The Morgan fingerprint density at radius 2 is 2.54 bits per heavy atom. The minimum atomic E-state index is 0.0299. The van der Waals surface area contributed by atoms with E-state index in [0.29, 0.717) is 5.92 Å². The lowest BCUT2D eigenvalue weighted by Gasteiger charge is -2.11. The first-order valence-corrected chi connectivity index (χ1v) is 5.07. The van der Waals surface area contributed by atoms with Crippen molar-refractivity contribution in [3.63, 3.8) is 0 Å². The lowest BCUT2D eigenvalue weighted by atomic mass is 10.1. The molecule has 1 aliphatic rings. The van der Waals surface area contributed by atoms with E-state index in [1.807, 2.05) is 6.92 Å². The van der Waals surface area contributed by atoms with Crippen LogP contribution < -0.4 is 5.32 Å².